The number of carbonyl (C=O) groups excluding carboxylic acids is 1. The van der Waals surface area contributed by atoms with E-state index >= 15 is 0 Å². The number of hydrogen-bond donors (Lipinski definition) is 2. The quantitative estimate of drug-likeness (QED) is 0.688. The zero-order chi connectivity index (χ0) is 21.8. The molecule has 0 aliphatic heterocycles. The molecule has 2 atom stereocenters. The second kappa shape index (κ2) is 9.47. The SMILES string of the molecule is Cc1cccnc1C(NC(C)C(=O)Nc1cccc(S(=O)(=O)N(C)C)c1)C(C)C. The summed E-state index contributed by atoms with van der Waals surface area (Å²) in [5, 5.41) is 6.15. The van der Waals surface area contributed by atoms with Gasteiger partial charge in [0.15, 0.2) is 0 Å². The van der Waals surface area contributed by atoms with E-state index in [0.29, 0.717) is 5.69 Å². The Hall–Kier alpha value is -2.29. The highest BCUT2D eigenvalue weighted by molar-refractivity contribution is 7.89. The van der Waals surface area contributed by atoms with E-state index in [-0.39, 0.29) is 22.8 Å². The summed E-state index contributed by atoms with van der Waals surface area (Å²) in [7, 11) is -0.627. The molecule has 8 heteroatoms. The first kappa shape index (κ1) is 23.0. The van der Waals surface area contributed by atoms with Crippen LogP contribution in [-0.4, -0.2) is 43.8 Å². The van der Waals surface area contributed by atoms with Crippen molar-refractivity contribution >= 4 is 21.6 Å². The van der Waals surface area contributed by atoms with Gasteiger partial charge in [-0.25, -0.2) is 12.7 Å². The molecule has 2 aromatic rings. The van der Waals surface area contributed by atoms with Crippen LogP contribution in [0.15, 0.2) is 47.5 Å². The fourth-order valence-electron chi connectivity index (χ4n) is 2.95. The monoisotopic (exact) mass is 418 g/mol. The number of carbonyl (C=O) groups is 1. The molecule has 1 aromatic carbocycles. The molecule has 0 bridgehead atoms. The lowest BCUT2D eigenvalue weighted by Crippen LogP contribution is -2.42. The van der Waals surface area contributed by atoms with E-state index in [2.05, 4.69) is 29.5 Å². The second-order valence-corrected chi connectivity index (χ2v) is 9.77. The maximum absolute atomic E-state index is 12.7. The van der Waals surface area contributed by atoms with Crippen molar-refractivity contribution in [3.05, 3.63) is 53.9 Å². The minimum Gasteiger partial charge on any atom is -0.325 e. The molecular weight excluding hydrogens is 388 g/mol. The lowest BCUT2D eigenvalue weighted by atomic mass is 9.96. The fraction of sp³-hybridized carbons (Fsp3) is 0.429. The van der Waals surface area contributed by atoms with Crippen molar-refractivity contribution in [3.8, 4) is 0 Å². The third kappa shape index (κ3) is 5.62. The molecule has 0 aliphatic rings. The molecule has 0 radical (unpaired) electrons. The number of pyridine rings is 1. The molecule has 0 fully saturated rings. The molecule has 0 aliphatic carbocycles. The normalized spacial score (nSPS) is 14.1. The van der Waals surface area contributed by atoms with E-state index in [4.69, 9.17) is 0 Å². The van der Waals surface area contributed by atoms with Gasteiger partial charge in [0.25, 0.3) is 0 Å². The lowest BCUT2D eigenvalue weighted by molar-refractivity contribution is -0.118. The van der Waals surface area contributed by atoms with Gasteiger partial charge in [-0.05, 0) is 49.6 Å². The van der Waals surface area contributed by atoms with Crippen molar-refractivity contribution in [1.29, 1.82) is 0 Å². The second-order valence-electron chi connectivity index (χ2n) is 7.62. The van der Waals surface area contributed by atoms with Crippen LogP contribution in [0.4, 0.5) is 5.69 Å². The summed E-state index contributed by atoms with van der Waals surface area (Å²) in [6.45, 7) is 7.93. The Bertz CT molecular complexity index is 958. The summed E-state index contributed by atoms with van der Waals surface area (Å²) in [5.41, 5.74) is 2.41. The van der Waals surface area contributed by atoms with Gasteiger partial charge in [0, 0.05) is 26.0 Å². The topological polar surface area (TPSA) is 91.4 Å². The van der Waals surface area contributed by atoms with Crippen LogP contribution in [0.3, 0.4) is 0 Å². The van der Waals surface area contributed by atoms with Crippen LogP contribution in [0.25, 0.3) is 0 Å². The zero-order valence-corrected chi connectivity index (χ0v) is 18.6. The van der Waals surface area contributed by atoms with Crippen LogP contribution in [0.1, 0.15) is 38.1 Å². The van der Waals surface area contributed by atoms with Crippen molar-refractivity contribution in [3.63, 3.8) is 0 Å². The summed E-state index contributed by atoms with van der Waals surface area (Å²) in [6.07, 6.45) is 1.75. The number of benzene rings is 1. The number of nitrogens with zero attached hydrogens (tertiary/aromatic N) is 2. The number of rotatable bonds is 8. The van der Waals surface area contributed by atoms with Crippen LogP contribution in [0.5, 0.6) is 0 Å². The molecule has 0 spiro atoms. The summed E-state index contributed by atoms with van der Waals surface area (Å²) in [6, 6.07) is 9.55. The van der Waals surface area contributed by atoms with E-state index in [0.717, 1.165) is 15.6 Å². The van der Waals surface area contributed by atoms with Gasteiger partial charge in [-0.15, -0.1) is 0 Å². The third-order valence-electron chi connectivity index (χ3n) is 4.71. The molecule has 1 aromatic heterocycles. The van der Waals surface area contributed by atoms with Gasteiger partial charge < -0.3 is 5.32 Å². The average Bonchev–Trinajstić information content (AvgIpc) is 2.66. The predicted molar refractivity (Wildman–Crippen MR) is 115 cm³/mol. The van der Waals surface area contributed by atoms with Gasteiger partial charge in [-0.2, -0.15) is 0 Å². The number of hydrogen-bond acceptors (Lipinski definition) is 5. The Morgan fingerprint density at radius 3 is 2.38 bits per heavy atom. The smallest absolute Gasteiger partial charge is 0.242 e. The predicted octanol–water partition coefficient (Wildman–Crippen LogP) is 2.95. The standard InChI is InChI=1S/C21H30N4O3S/c1-14(2)19(20-15(3)9-8-12-22-20)23-16(4)21(26)24-17-10-7-11-18(13-17)29(27,28)25(5)6/h7-14,16,19,23H,1-6H3,(H,24,26). The molecule has 158 valence electrons. The molecule has 2 rings (SSSR count). The summed E-state index contributed by atoms with van der Waals surface area (Å²) >= 11 is 0. The molecular formula is C21H30N4O3S. The largest absolute Gasteiger partial charge is 0.325 e. The Kier molecular flexibility index (Phi) is 7.51. The van der Waals surface area contributed by atoms with Crippen molar-refractivity contribution in [1.82, 2.24) is 14.6 Å². The number of aryl methyl sites for hydroxylation is 1. The molecule has 0 saturated heterocycles. The fourth-order valence-corrected chi connectivity index (χ4v) is 3.90. The van der Waals surface area contributed by atoms with Crippen LogP contribution in [-0.2, 0) is 14.8 Å². The van der Waals surface area contributed by atoms with Crippen molar-refractivity contribution in [2.75, 3.05) is 19.4 Å². The maximum atomic E-state index is 12.7. The Morgan fingerprint density at radius 1 is 1.10 bits per heavy atom. The highest BCUT2D eigenvalue weighted by Crippen LogP contribution is 2.23. The van der Waals surface area contributed by atoms with Crippen molar-refractivity contribution in [2.45, 2.75) is 44.7 Å². The molecule has 2 N–H and O–H groups in total. The molecule has 1 amide bonds. The first-order chi connectivity index (χ1) is 13.5. The van der Waals surface area contributed by atoms with E-state index in [1.165, 1.54) is 26.2 Å². The lowest BCUT2D eigenvalue weighted by Gasteiger charge is -2.26. The van der Waals surface area contributed by atoms with Crippen LogP contribution in [0, 0.1) is 12.8 Å². The summed E-state index contributed by atoms with van der Waals surface area (Å²) in [4.78, 5) is 17.3. The number of aromatic nitrogens is 1. The number of anilines is 1. The van der Waals surface area contributed by atoms with E-state index in [9.17, 15) is 13.2 Å². The zero-order valence-electron chi connectivity index (χ0n) is 17.8. The van der Waals surface area contributed by atoms with Gasteiger partial charge in [0.05, 0.1) is 22.7 Å². The van der Waals surface area contributed by atoms with Crippen molar-refractivity contribution < 1.29 is 13.2 Å². The minimum absolute atomic E-state index is 0.0857. The van der Waals surface area contributed by atoms with Gasteiger partial charge >= 0.3 is 0 Å². The molecule has 1 heterocycles. The molecule has 0 saturated carbocycles. The van der Waals surface area contributed by atoms with E-state index in [1.54, 1.807) is 25.3 Å². The average molecular weight is 419 g/mol. The molecule has 29 heavy (non-hydrogen) atoms. The third-order valence-corrected chi connectivity index (χ3v) is 6.53. The van der Waals surface area contributed by atoms with Gasteiger partial charge in [0.1, 0.15) is 0 Å². The number of nitrogens with one attached hydrogen (secondary N) is 2. The van der Waals surface area contributed by atoms with Crippen LogP contribution >= 0.6 is 0 Å². The van der Waals surface area contributed by atoms with Crippen LogP contribution < -0.4 is 10.6 Å². The number of sulfonamides is 1. The first-order valence-corrected chi connectivity index (χ1v) is 11.0. The highest BCUT2D eigenvalue weighted by Gasteiger charge is 2.24. The maximum Gasteiger partial charge on any atom is 0.242 e. The van der Waals surface area contributed by atoms with Gasteiger partial charge in [-0.3, -0.25) is 15.1 Å². The van der Waals surface area contributed by atoms with Gasteiger partial charge in [0.2, 0.25) is 15.9 Å². The minimum atomic E-state index is -3.57. The van der Waals surface area contributed by atoms with Crippen molar-refractivity contribution in [2.24, 2.45) is 5.92 Å². The number of amides is 1. The van der Waals surface area contributed by atoms with E-state index < -0.39 is 16.1 Å². The van der Waals surface area contributed by atoms with E-state index in [1.807, 2.05) is 19.1 Å². The Morgan fingerprint density at radius 2 is 1.79 bits per heavy atom. The van der Waals surface area contributed by atoms with Crippen LogP contribution in [0.2, 0.25) is 0 Å². The molecule has 2 unspecified atom stereocenters. The Balaban J connectivity index is 2.16. The first-order valence-electron chi connectivity index (χ1n) is 9.55. The summed E-state index contributed by atoms with van der Waals surface area (Å²) in [5.74, 6) is -0.0175. The Labute approximate surface area is 173 Å². The van der Waals surface area contributed by atoms with Gasteiger partial charge in [-0.1, -0.05) is 26.0 Å². The molecule has 7 nitrogen and oxygen atoms in total. The summed E-state index contributed by atoms with van der Waals surface area (Å²) < 4.78 is 25.8. The highest BCUT2D eigenvalue weighted by atomic mass is 32.2.